The number of hydrogen-bond acceptors (Lipinski definition) is 6. The van der Waals surface area contributed by atoms with Crippen LogP contribution < -0.4 is 0 Å². The minimum absolute atomic E-state index is 0. The number of rotatable bonds is 0. The van der Waals surface area contributed by atoms with Crippen LogP contribution in [0.3, 0.4) is 0 Å². The molecule has 0 aromatic heterocycles. The van der Waals surface area contributed by atoms with Gasteiger partial charge in [0.05, 0.1) is 0 Å². The summed E-state index contributed by atoms with van der Waals surface area (Å²) >= 11 is 0. The van der Waals surface area contributed by atoms with Crippen molar-refractivity contribution in [2.24, 2.45) is 21.1 Å². The van der Waals surface area contributed by atoms with Crippen molar-refractivity contribution in [2.45, 2.75) is 0 Å². The Hall–Kier alpha value is -0.119. The van der Waals surface area contributed by atoms with Crippen LogP contribution in [-0.4, -0.2) is 55.9 Å². The Morgan fingerprint density at radius 2 is 1.00 bits per heavy atom. The first-order valence-electron chi connectivity index (χ1n) is 1.17. The first-order chi connectivity index (χ1) is 3.83. The van der Waals surface area contributed by atoms with E-state index in [1.165, 1.54) is 0 Å². The second-order valence-corrected chi connectivity index (χ2v) is 0.342. The normalized spacial score (nSPS) is 8.00. The molecule has 0 amide bonds. The quantitative estimate of drug-likeness (QED) is 0.336. The van der Waals surface area contributed by atoms with E-state index >= 15 is 0 Å². The summed E-state index contributed by atoms with van der Waals surface area (Å²) in [7, 11) is 0. The minimum atomic E-state index is 0. The summed E-state index contributed by atoms with van der Waals surface area (Å²) < 4.78 is 0. The van der Waals surface area contributed by atoms with Gasteiger partial charge in [0.25, 0.3) is 0 Å². The van der Waals surface area contributed by atoms with E-state index in [1.54, 1.807) is 21.1 Å². The predicted octanol–water partition coefficient (Wildman–Crippen LogP) is 0.270. The van der Waals surface area contributed by atoms with E-state index in [0.717, 1.165) is 0 Å². The maximum absolute atomic E-state index is 8.51. The van der Waals surface area contributed by atoms with E-state index in [-0.39, 0.29) is 45.5 Å². The topological polar surface area (TPSA) is 136 Å². The fourth-order valence-corrected chi connectivity index (χ4v) is 0. The van der Waals surface area contributed by atoms with Crippen molar-refractivity contribution in [1.82, 2.24) is 0 Å². The van der Waals surface area contributed by atoms with Gasteiger partial charge in [0.15, 0.2) is 0 Å². The summed E-state index contributed by atoms with van der Waals surface area (Å²) in [4.78, 5) is 0. The maximum atomic E-state index is 8.51. The summed E-state index contributed by atoms with van der Waals surface area (Å²) in [5.41, 5.74) is 0. The third kappa shape index (κ3) is 77.1. The van der Waals surface area contributed by atoms with Crippen LogP contribution in [0.2, 0.25) is 0 Å². The predicted molar refractivity (Wildman–Crippen MR) is 25.8 cm³/mol. The van der Waals surface area contributed by atoms with Gasteiger partial charge in [0, 0.05) is 10.6 Å². The average molecular weight is 210 g/mol. The van der Waals surface area contributed by atoms with E-state index in [2.05, 4.69) is 0 Å². The molecule has 0 heterocycles. The fraction of sp³-hybridized carbons (Fsp3) is 0. The fourth-order valence-electron chi connectivity index (χ4n) is 0. The molecule has 0 bridgehead atoms. The van der Waals surface area contributed by atoms with Crippen LogP contribution in [0.25, 0.3) is 0 Å². The molecule has 0 radical (unpaired) electrons. The second kappa shape index (κ2) is 24.8. The molecular formula is H2N4O4Sr. The summed E-state index contributed by atoms with van der Waals surface area (Å²) in [5, 5.41) is 38.0. The van der Waals surface area contributed by atoms with Gasteiger partial charge in [-0.15, -0.1) is 0 Å². The minimum Gasteiger partial charge on any atom is -0.773 e. The van der Waals surface area contributed by atoms with Crippen LogP contribution in [0.5, 0.6) is 0 Å². The van der Waals surface area contributed by atoms with Crippen LogP contribution in [0.15, 0.2) is 21.1 Å². The van der Waals surface area contributed by atoms with Gasteiger partial charge in [-0.3, -0.25) is 0 Å². The molecule has 0 saturated heterocycles. The summed E-state index contributed by atoms with van der Waals surface area (Å²) in [6.07, 6.45) is 0. The van der Waals surface area contributed by atoms with Crippen molar-refractivity contribution in [3.8, 4) is 0 Å². The Bertz CT molecular complexity index is 53.0. The molecule has 0 aromatic carbocycles. The largest absolute Gasteiger partial charge is 2.00 e. The van der Waals surface area contributed by atoms with E-state index in [0.29, 0.717) is 0 Å². The molecule has 0 fully saturated rings. The molecular weight excluding hydrogens is 208 g/mol. The van der Waals surface area contributed by atoms with Crippen molar-refractivity contribution in [3.63, 3.8) is 0 Å². The van der Waals surface area contributed by atoms with Gasteiger partial charge in [-0.25, -0.2) is 0 Å². The Morgan fingerprint density at radius 1 is 0.889 bits per heavy atom. The Kier molecular flexibility index (Phi) is 43.9. The van der Waals surface area contributed by atoms with Crippen LogP contribution in [-0.2, 0) is 0 Å². The molecule has 0 saturated carbocycles. The van der Waals surface area contributed by atoms with Crippen LogP contribution in [0, 0.1) is 10.4 Å². The second-order valence-electron chi connectivity index (χ2n) is 0.342. The summed E-state index contributed by atoms with van der Waals surface area (Å²) in [5.74, 6) is 0. The molecule has 0 atom stereocenters. The molecule has 9 heteroatoms. The van der Waals surface area contributed by atoms with Crippen molar-refractivity contribution in [1.29, 1.82) is 0 Å². The molecule has 0 aliphatic heterocycles. The molecule has 0 aromatic rings. The van der Waals surface area contributed by atoms with E-state index in [9.17, 15) is 0 Å². The van der Waals surface area contributed by atoms with Gasteiger partial charge >= 0.3 is 45.5 Å². The standard InChI is InChI=1S/2H2N2O2.Sr/c2*3-1-2-4;/h2*(H,1,4)(H,2,3);/q;;+2/p-2. The van der Waals surface area contributed by atoms with Crippen molar-refractivity contribution in [3.05, 3.63) is 10.4 Å². The average Bonchev–Trinajstić information content (AvgIpc) is 1.88. The van der Waals surface area contributed by atoms with Crippen molar-refractivity contribution >= 4 is 45.5 Å². The Morgan fingerprint density at radius 3 is 1.00 bits per heavy atom. The van der Waals surface area contributed by atoms with Gasteiger partial charge in [-0.05, 0) is 0 Å². The molecule has 2 N–H and O–H groups in total. The molecule has 0 spiro atoms. The Balaban J connectivity index is -0.0000000720. The summed E-state index contributed by atoms with van der Waals surface area (Å²) in [6, 6.07) is 0. The van der Waals surface area contributed by atoms with Gasteiger partial charge in [0.2, 0.25) is 0 Å². The van der Waals surface area contributed by atoms with Gasteiger partial charge in [-0.1, -0.05) is 0 Å². The first kappa shape index (κ1) is 15.9. The third-order valence-corrected chi connectivity index (χ3v) is 0.0730. The van der Waals surface area contributed by atoms with Crippen LogP contribution in [0.1, 0.15) is 0 Å². The van der Waals surface area contributed by atoms with Crippen molar-refractivity contribution < 1.29 is 10.4 Å². The molecule has 0 rings (SSSR count). The molecule has 48 valence electrons. The SMILES string of the molecule is [O-]N=NO.[O-]N=NO.[Sr+2]. The van der Waals surface area contributed by atoms with E-state index < -0.39 is 0 Å². The molecule has 0 unspecified atom stereocenters. The zero-order chi connectivity index (χ0) is 6.83. The zero-order valence-corrected chi connectivity index (χ0v) is 7.68. The van der Waals surface area contributed by atoms with E-state index in [4.69, 9.17) is 20.8 Å². The van der Waals surface area contributed by atoms with Crippen molar-refractivity contribution in [2.75, 3.05) is 0 Å². The van der Waals surface area contributed by atoms with Gasteiger partial charge in [0.1, 0.15) is 0 Å². The van der Waals surface area contributed by atoms with Gasteiger partial charge < -0.3 is 20.8 Å². The zero-order valence-electron chi connectivity index (χ0n) is 4.21. The first-order valence-corrected chi connectivity index (χ1v) is 1.17. The molecule has 0 aliphatic rings. The van der Waals surface area contributed by atoms with Gasteiger partial charge in [-0.2, -0.15) is 10.6 Å². The molecule has 0 aliphatic carbocycles. The molecule has 8 nitrogen and oxygen atoms in total. The maximum Gasteiger partial charge on any atom is 2.00 e. The van der Waals surface area contributed by atoms with Crippen LogP contribution >= 0.6 is 0 Å². The Labute approximate surface area is 86.7 Å². The third-order valence-electron chi connectivity index (χ3n) is 0.0730. The number of hydrogen-bond donors (Lipinski definition) is 2. The molecule has 9 heavy (non-hydrogen) atoms. The number of nitrogens with zero attached hydrogens (tertiary/aromatic N) is 4. The smallest absolute Gasteiger partial charge is 0.773 e. The van der Waals surface area contributed by atoms with Crippen LogP contribution in [0.4, 0.5) is 0 Å². The monoisotopic (exact) mass is 210 g/mol. The summed E-state index contributed by atoms with van der Waals surface area (Å²) in [6.45, 7) is 0. The van der Waals surface area contributed by atoms with E-state index in [1.807, 2.05) is 0 Å².